The van der Waals surface area contributed by atoms with Crippen LogP contribution in [0.25, 0.3) is 0 Å². The summed E-state index contributed by atoms with van der Waals surface area (Å²) in [7, 11) is 0. The zero-order valence-electron chi connectivity index (χ0n) is 66.3. The maximum atomic E-state index is 13.1. The monoisotopic (exact) mass is 1560 g/mol. The highest BCUT2D eigenvalue weighted by Crippen LogP contribution is 2.22. The molecule has 0 aromatic carbocycles. The highest BCUT2D eigenvalue weighted by atomic mass is 16.5. The lowest BCUT2D eigenvalue weighted by Gasteiger charge is -2.17. The number of hydrogen-bond acceptors (Lipinski definition) is 20. The lowest BCUT2D eigenvalue weighted by atomic mass is 9.87. The van der Waals surface area contributed by atoms with Crippen LogP contribution in [0.4, 0.5) is 0 Å². The van der Waals surface area contributed by atoms with Crippen LogP contribution in [0.15, 0.2) is 0 Å². The Morgan fingerprint density at radius 1 is 0.330 bits per heavy atom. The summed E-state index contributed by atoms with van der Waals surface area (Å²) < 4.78 is 21.8. The van der Waals surface area contributed by atoms with Crippen LogP contribution in [-0.2, 0) is 86.1 Å². The van der Waals surface area contributed by atoms with Crippen molar-refractivity contribution < 1.29 is 109 Å². The molecule has 0 saturated heterocycles. The second-order valence-electron chi connectivity index (χ2n) is 29.1. The van der Waals surface area contributed by atoms with E-state index in [9.17, 15) is 77.3 Å². The largest absolute Gasteiger partial charge is 0.481 e. The molecule has 0 bridgehead atoms. The number of nitrogens with two attached hydrogens (primary N) is 2. The molecule has 632 valence electrons. The zero-order chi connectivity index (χ0) is 80.9. The minimum absolute atomic E-state index is 0. The first-order valence-electron chi connectivity index (χ1n) is 41.0. The Balaban J connectivity index is -0.0000583. The van der Waals surface area contributed by atoms with E-state index in [4.69, 9.17) is 40.6 Å². The first-order valence-corrected chi connectivity index (χ1v) is 41.0. The van der Waals surface area contributed by atoms with E-state index >= 15 is 0 Å². The van der Waals surface area contributed by atoms with Crippen molar-refractivity contribution in [2.75, 3.05) is 79.0 Å². The number of ketones is 5. The third-order valence-corrected chi connectivity index (χ3v) is 19.2. The Hall–Kier alpha value is -6.66. The number of carboxylic acid groups (broad SMARTS) is 4. The molecule has 6 atom stereocenters. The van der Waals surface area contributed by atoms with Gasteiger partial charge in [-0.05, 0) is 96.8 Å². The fourth-order valence-corrected chi connectivity index (χ4v) is 12.3. The Kier molecular flexibility index (Phi) is 66.1. The number of Topliss-reactive ketones (excluding diaryl/α,β-unsaturated/α-hetero) is 5. The fraction of sp³-hybridized carbons (Fsp3) is 0.825. The summed E-state index contributed by atoms with van der Waals surface area (Å²) in [5.41, 5.74) is 12.3. The molecule has 29 heteroatoms. The Morgan fingerprint density at radius 3 is 1.11 bits per heavy atom. The fourth-order valence-electron chi connectivity index (χ4n) is 12.3. The molecule has 0 heterocycles. The molecule has 0 radical (unpaired) electrons. The number of rotatable bonds is 81. The average molecular weight is 1560 g/mol. The summed E-state index contributed by atoms with van der Waals surface area (Å²) in [5.74, 6) is -7.32. The van der Waals surface area contributed by atoms with Gasteiger partial charge >= 0.3 is 23.9 Å². The molecule has 0 spiro atoms. The summed E-state index contributed by atoms with van der Waals surface area (Å²) in [4.78, 5) is 170. The van der Waals surface area contributed by atoms with Crippen LogP contribution in [0, 0.1) is 17.8 Å². The molecular formula is C80H145N7O22. The van der Waals surface area contributed by atoms with Crippen molar-refractivity contribution in [1.82, 2.24) is 26.6 Å². The van der Waals surface area contributed by atoms with Gasteiger partial charge in [-0.15, -0.1) is 0 Å². The Morgan fingerprint density at radius 2 is 0.697 bits per heavy atom. The molecule has 13 N–H and O–H groups in total. The number of amides is 5. The van der Waals surface area contributed by atoms with Gasteiger partial charge in [-0.3, -0.25) is 62.3 Å². The maximum Gasteiger partial charge on any atom is 0.326 e. The van der Waals surface area contributed by atoms with Crippen LogP contribution in [0.2, 0.25) is 0 Å². The number of carbonyl (C=O) groups excluding carboxylic acids is 10. The second-order valence-corrected chi connectivity index (χ2v) is 29.1. The van der Waals surface area contributed by atoms with E-state index in [0.29, 0.717) is 142 Å². The molecule has 0 aliphatic rings. The molecule has 5 amide bonds. The molecule has 0 rings (SSSR count). The first-order chi connectivity index (χ1) is 52.3. The van der Waals surface area contributed by atoms with Crippen LogP contribution in [0.3, 0.4) is 0 Å². The molecule has 0 aromatic heterocycles. The third kappa shape index (κ3) is 65.7. The number of nitrogens with one attached hydrogen (secondary N) is 5. The van der Waals surface area contributed by atoms with Crippen LogP contribution < -0.4 is 38.1 Å². The van der Waals surface area contributed by atoms with Crippen molar-refractivity contribution in [1.29, 1.82) is 0 Å². The van der Waals surface area contributed by atoms with Crippen molar-refractivity contribution in [2.45, 2.75) is 327 Å². The smallest absolute Gasteiger partial charge is 0.326 e. The van der Waals surface area contributed by atoms with Crippen molar-refractivity contribution in [3.63, 3.8) is 0 Å². The number of hydrogen-bond donors (Lipinski definition) is 11. The van der Waals surface area contributed by atoms with Gasteiger partial charge in [-0.2, -0.15) is 0 Å². The molecular weight excluding hydrogens is 1410 g/mol. The maximum absolute atomic E-state index is 13.1. The molecule has 0 aromatic rings. The number of aliphatic carboxylic acids is 4. The van der Waals surface area contributed by atoms with Crippen molar-refractivity contribution in [3.8, 4) is 0 Å². The summed E-state index contributed by atoms with van der Waals surface area (Å²) in [6, 6.07) is -2.57. The SMILES string of the molecule is CC(=O)[C@H](CCCCNC(=O)[C@@H](N)CCCCCC(=O)COCCOCCNC(=O)CC[C@H](NC(=O)CCCCCCCCCCCCC(=O)O)C(=O)O)CC(=O)[C@@H](C)CCCCNC(=O)[C@@H](N)CCCCCC(=O)COCCOCCNC(=O)CC[C@H](CC(=O)CCCCCCCCCCCCC(=O)O)C(=O)O.[HH].[HH]. The topological polar surface area (TPSA) is 469 Å². The van der Waals surface area contributed by atoms with E-state index < -0.39 is 53.8 Å². The van der Waals surface area contributed by atoms with Gasteiger partial charge in [0, 0.05) is 105 Å². The Bertz CT molecular complexity index is 2570. The lowest BCUT2D eigenvalue weighted by Crippen LogP contribution is -2.41. The van der Waals surface area contributed by atoms with E-state index in [1.165, 1.54) is 6.92 Å². The quantitative estimate of drug-likeness (QED) is 0.0252. The van der Waals surface area contributed by atoms with Gasteiger partial charge in [-0.1, -0.05) is 148 Å². The summed E-state index contributed by atoms with van der Waals surface area (Å²) >= 11 is 0. The van der Waals surface area contributed by atoms with Gasteiger partial charge in [0.2, 0.25) is 29.5 Å². The lowest BCUT2D eigenvalue weighted by molar-refractivity contribution is -0.144. The van der Waals surface area contributed by atoms with Crippen LogP contribution in [0.5, 0.6) is 0 Å². The van der Waals surface area contributed by atoms with E-state index in [-0.39, 0.29) is 191 Å². The molecule has 0 unspecified atom stereocenters. The predicted octanol–water partition coefficient (Wildman–Crippen LogP) is 10.2. The van der Waals surface area contributed by atoms with Crippen molar-refractivity contribution in [2.24, 2.45) is 29.2 Å². The normalized spacial score (nSPS) is 12.9. The number of ether oxygens (including phenoxy) is 4. The Labute approximate surface area is 651 Å². The van der Waals surface area contributed by atoms with E-state index in [0.717, 1.165) is 109 Å². The van der Waals surface area contributed by atoms with E-state index in [1.54, 1.807) is 0 Å². The van der Waals surface area contributed by atoms with Gasteiger partial charge in [0.25, 0.3) is 0 Å². The minimum Gasteiger partial charge on any atom is -0.481 e. The minimum atomic E-state index is -1.21. The highest BCUT2D eigenvalue weighted by Gasteiger charge is 2.25. The molecule has 29 nitrogen and oxygen atoms in total. The van der Waals surface area contributed by atoms with E-state index in [1.807, 2.05) is 6.92 Å². The van der Waals surface area contributed by atoms with Gasteiger partial charge in [0.15, 0.2) is 11.6 Å². The van der Waals surface area contributed by atoms with E-state index in [2.05, 4.69) is 26.6 Å². The molecule has 109 heavy (non-hydrogen) atoms. The highest BCUT2D eigenvalue weighted by molar-refractivity contribution is 5.88. The number of carbonyl (C=O) groups is 14. The van der Waals surface area contributed by atoms with Crippen molar-refractivity contribution in [3.05, 3.63) is 0 Å². The van der Waals surface area contributed by atoms with Gasteiger partial charge < -0.3 is 77.4 Å². The first kappa shape index (κ1) is 102. The zero-order valence-corrected chi connectivity index (χ0v) is 66.3. The second kappa shape index (κ2) is 70.5. The van der Waals surface area contributed by atoms with Gasteiger partial charge in [-0.25, -0.2) is 4.79 Å². The predicted molar refractivity (Wildman–Crippen MR) is 417 cm³/mol. The molecule has 0 fully saturated rings. The standard InChI is InChI=1S/C80H141N7O22.2H2/c1-61(33-29-31-47-85-77(100)68(81)38-24-19-22-36-66(90)59-108-55-53-106-51-49-83-72(93)45-43-64(79(102)103)57-65(89)35-21-15-11-7-3-5-9-13-17-27-41-75(96)97)71(92)58-63(62(2)88)34-30-32-48-86-78(101)69(82)39-25-20-23-37-67(91)60-109-56-54-107-52-50-84-73(94)46-44-70(80(104)105)87-74(95)40-26-16-12-8-4-6-10-14-18-28-42-76(98)99;;/h61,63-64,68-70H,3-60,81-82H2,1-2H3,(H,83,93)(H,84,94)(H,85,100)(H,86,101)(H,87,95)(H,96,97)(H,98,99)(H,102,103)(H,104,105);2*1H/t61-,63+,64+,68-,69-,70-;;/m0../s1. The van der Waals surface area contributed by atoms with Crippen LogP contribution >= 0.6 is 0 Å². The molecule has 0 aliphatic carbocycles. The number of carboxylic acids is 4. The van der Waals surface area contributed by atoms with Crippen LogP contribution in [-0.4, -0.2) is 200 Å². The number of unbranched alkanes of at least 4 members (excludes halogenated alkanes) is 24. The molecule has 0 saturated carbocycles. The summed E-state index contributed by atoms with van der Waals surface area (Å²) in [5, 5.41) is 50.2. The van der Waals surface area contributed by atoms with Crippen LogP contribution in [0.1, 0.15) is 312 Å². The summed E-state index contributed by atoms with van der Waals surface area (Å²) in [6.07, 6.45) is 29.3. The van der Waals surface area contributed by atoms with Gasteiger partial charge in [0.05, 0.1) is 57.6 Å². The van der Waals surface area contributed by atoms with Gasteiger partial charge in [0.1, 0.15) is 36.6 Å². The summed E-state index contributed by atoms with van der Waals surface area (Å²) in [6.45, 7) is 5.53. The molecule has 0 aliphatic heterocycles. The average Bonchev–Trinajstić information content (AvgIpc) is 0.932. The van der Waals surface area contributed by atoms with Crippen molar-refractivity contribution >= 4 is 82.3 Å². The third-order valence-electron chi connectivity index (χ3n) is 19.2.